The standard InChI is InChI=1S/C12H20N2O5/c1-7-4-3-5-14(8(7)2)12(19)13-9(11(17)18)6-10(15)16/h7-9H,3-6H2,1-2H3,(H,13,19)(H,15,16)(H,17,18)/t7?,8?,9-/m0/s1. The zero-order chi connectivity index (χ0) is 14.6. The number of aliphatic carboxylic acids is 2. The molecule has 7 heteroatoms. The van der Waals surface area contributed by atoms with Gasteiger partial charge in [0.1, 0.15) is 6.04 Å². The molecule has 0 aliphatic carbocycles. The highest BCUT2D eigenvalue weighted by atomic mass is 16.4. The second-order valence-electron chi connectivity index (χ2n) is 4.99. The number of carbonyl (C=O) groups excluding carboxylic acids is 1. The van der Waals surface area contributed by atoms with E-state index < -0.39 is 30.4 Å². The van der Waals surface area contributed by atoms with Gasteiger partial charge in [-0.05, 0) is 25.7 Å². The number of carboxylic acids is 2. The highest BCUT2D eigenvalue weighted by Gasteiger charge is 2.31. The summed E-state index contributed by atoms with van der Waals surface area (Å²) in [6, 6.07) is -1.88. The third kappa shape index (κ3) is 4.11. The van der Waals surface area contributed by atoms with Gasteiger partial charge in [0, 0.05) is 12.6 Å². The molecule has 1 aliphatic rings. The molecule has 1 fully saturated rings. The van der Waals surface area contributed by atoms with E-state index in [-0.39, 0.29) is 6.04 Å². The van der Waals surface area contributed by atoms with Gasteiger partial charge in [0.15, 0.2) is 0 Å². The summed E-state index contributed by atoms with van der Waals surface area (Å²) in [6.07, 6.45) is 1.27. The summed E-state index contributed by atoms with van der Waals surface area (Å²) in [5.74, 6) is -2.25. The first-order valence-electron chi connectivity index (χ1n) is 6.34. The van der Waals surface area contributed by atoms with Crippen molar-refractivity contribution in [1.29, 1.82) is 0 Å². The van der Waals surface area contributed by atoms with Crippen molar-refractivity contribution in [3.8, 4) is 0 Å². The van der Waals surface area contributed by atoms with E-state index in [4.69, 9.17) is 10.2 Å². The first kappa shape index (κ1) is 15.3. The van der Waals surface area contributed by atoms with Gasteiger partial charge >= 0.3 is 18.0 Å². The molecule has 0 bridgehead atoms. The van der Waals surface area contributed by atoms with Crippen LogP contribution in [0.25, 0.3) is 0 Å². The van der Waals surface area contributed by atoms with Crippen LogP contribution in [0.4, 0.5) is 4.79 Å². The number of rotatable bonds is 4. The van der Waals surface area contributed by atoms with E-state index in [9.17, 15) is 14.4 Å². The minimum absolute atomic E-state index is 0.0213. The maximum Gasteiger partial charge on any atom is 0.326 e. The van der Waals surface area contributed by atoms with E-state index in [2.05, 4.69) is 5.32 Å². The smallest absolute Gasteiger partial charge is 0.326 e. The Bertz CT molecular complexity index is 371. The number of hydrogen-bond donors (Lipinski definition) is 3. The molecule has 19 heavy (non-hydrogen) atoms. The number of likely N-dealkylation sites (tertiary alicyclic amines) is 1. The Morgan fingerprint density at radius 1 is 1.32 bits per heavy atom. The van der Waals surface area contributed by atoms with E-state index >= 15 is 0 Å². The lowest BCUT2D eigenvalue weighted by molar-refractivity contribution is -0.145. The van der Waals surface area contributed by atoms with Crippen LogP contribution in [0.1, 0.15) is 33.1 Å². The van der Waals surface area contributed by atoms with Crippen LogP contribution < -0.4 is 5.32 Å². The summed E-state index contributed by atoms with van der Waals surface area (Å²) in [5.41, 5.74) is 0. The molecule has 0 radical (unpaired) electrons. The van der Waals surface area contributed by atoms with Crippen LogP contribution in [-0.4, -0.2) is 51.7 Å². The van der Waals surface area contributed by atoms with Gasteiger partial charge in [-0.2, -0.15) is 0 Å². The number of hydrogen-bond acceptors (Lipinski definition) is 3. The van der Waals surface area contributed by atoms with Gasteiger partial charge in [-0.1, -0.05) is 6.92 Å². The predicted octanol–water partition coefficient (Wildman–Crippen LogP) is 0.744. The normalized spacial score (nSPS) is 24.6. The SMILES string of the molecule is CC1CCCN(C(=O)N[C@@H](CC(=O)O)C(=O)O)C1C. The zero-order valence-corrected chi connectivity index (χ0v) is 11.1. The Morgan fingerprint density at radius 2 is 1.95 bits per heavy atom. The first-order chi connectivity index (χ1) is 8.82. The summed E-state index contributed by atoms with van der Waals surface area (Å²) in [4.78, 5) is 35.0. The topological polar surface area (TPSA) is 107 Å². The van der Waals surface area contributed by atoms with Gasteiger partial charge in [-0.15, -0.1) is 0 Å². The second-order valence-corrected chi connectivity index (χ2v) is 4.99. The lowest BCUT2D eigenvalue weighted by Crippen LogP contribution is -2.54. The van der Waals surface area contributed by atoms with Gasteiger partial charge in [-0.3, -0.25) is 4.79 Å². The highest BCUT2D eigenvalue weighted by molar-refractivity contribution is 5.86. The van der Waals surface area contributed by atoms with Crippen LogP contribution in [0, 0.1) is 5.92 Å². The number of piperidine rings is 1. The van der Waals surface area contributed by atoms with Crippen LogP contribution in [-0.2, 0) is 9.59 Å². The fourth-order valence-corrected chi connectivity index (χ4v) is 2.23. The van der Waals surface area contributed by atoms with E-state index in [1.165, 1.54) is 0 Å². The molecule has 1 aliphatic heterocycles. The molecular weight excluding hydrogens is 252 g/mol. The van der Waals surface area contributed by atoms with E-state index in [0.717, 1.165) is 12.8 Å². The minimum atomic E-state index is -1.39. The molecule has 7 nitrogen and oxygen atoms in total. The number of amides is 2. The fraction of sp³-hybridized carbons (Fsp3) is 0.750. The number of urea groups is 1. The summed E-state index contributed by atoms with van der Waals surface area (Å²) < 4.78 is 0. The molecule has 3 atom stereocenters. The largest absolute Gasteiger partial charge is 0.481 e. The predicted molar refractivity (Wildman–Crippen MR) is 66.8 cm³/mol. The summed E-state index contributed by atoms with van der Waals surface area (Å²) in [7, 11) is 0. The molecular formula is C12H20N2O5. The molecule has 0 aromatic carbocycles. The van der Waals surface area contributed by atoms with Gasteiger partial charge in [-0.25, -0.2) is 9.59 Å². The number of carbonyl (C=O) groups is 3. The highest BCUT2D eigenvalue weighted by Crippen LogP contribution is 2.22. The summed E-state index contributed by atoms with van der Waals surface area (Å²) in [6.45, 7) is 4.52. The molecule has 108 valence electrons. The molecule has 0 spiro atoms. The molecule has 1 heterocycles. The lowest BCUT2D eigenvalue weighted by atomic mass is 9.92. The van der Waals surface area contributed by atoms with Gasteiger partial charge in [0.2, 0.25) is 0 Å². The van der Waals surface area contributed by atoms with Crippen LogP contribution in [0.15, 0.2) is 0 Å². The van der Waals surface area contributed by atoms with Gasteiger partial charge < -0.3 is 20.4 Å². The average molecular weight is 272 g/mol. The monoisotopic (exact) mass is 272 g/mol. The van der Waals surface area contributed by atoms with Crippen molar-refractivity contribution in [2.75, 3.05) is 6.54 Å². The maximum atomic E-state index is 12.0. The van der Waals surface area contributed by atoms with Crippen molar-refractivity contribution in [1.82, 2.24) is 10.2 Å². The van der Waals surface area contributed by atoms with Crippen molar-refractivity contribution in [3.63, 3.8) is 0 Å². The molecule has 0 aromatic rings. The van der Waals surface area contributed by atoms with Crippen LogP contribution >= 0.6 is 0 Å². The molecule has 2 amide bonds. The van der Waals surface area contributed by atoms with Crippen molar-refractivity contribution >= 4 is 18.0 Å². The fourth-order valence-electron chi connectivity index (χ4n) is 2.23. The molecule has 3 N–H and O–H groups in total. The van der Waals surface area contributed by atoms with E-state index in [1.807, 2.05) is 13.8 Å². The third-order valence-electron chi connectivity index (χ3n) is 3.61. The molecule has 0 aromatic heterocycles. The van der Waals surface area contributed by atoms with Crippen molar-refractivity contribution in [2.24, 2.45) is 5.92 Å². The van der Waals surface area contributed by atoms with E-state index in [1.54, 1.807) is 4.90 Å². The third-order valence-corrected chi connectivity index (χ3v) is 3.61. The van der Waals surface area contributed by atoms with Crippen molar-refractivity contribution in [2.45, 2.75) is 45.2 Å². The van der Waals surface area contributed by atoms with Crippen molar-refractivity contribution in [3.05, 3.63) is 0 Å². The quantitative estimate of drug-likeness (QED) is 0.700. The Morgan fingerprint density at radius 3 is 2.47 bits per heavy atom. The second kappa shape index (κ2) is 6.40. The lowest BCUT2D eigenvalue weighted by Gasteiger charge is -2.38. The molecule has 1 saturated heterocycles. The Labute approximate surface area is 111 Å². The summed E-state index contributed by atoms with van der Waals surface area (Å²) in [5, 5.41) is 19.8. The first-order valence-corrected chi connectivity index (χ1v) is 6.34. The van der Waals surface area contributed by atoms with Crippen LogP contribution in [0.3, 0.4) is 0 Å². The Hall–Kier alpha value is -1.79. The molecule has 0 saturated carbocycles. The van der Waals surface area contributed by atoms with Gasteiger partial charge in [0.25, 0.3) is 0 Å². The number of nitrogens with one attached hydrogen (secondary N) is 1. The zero-order valence-electron chi connectivity index (χ0n) is 11.1. The van der Waals surface area contributed by atoms with E-state index in [0.29, 0.717) is 12.5 Å². The Kier molecular flexibility index (Phi) is 5.14. The number of carboxylic acid groups (broad SMARTS) is 2. The van der Waals surface area contributed by atoms with Crippen molar-refractivity contribution < 1.29 is 24.6 Å². The minimum Gasteiger partial charge on any atom is -0.481 e. The molecule has 1 rings (SSSR count). The van der Waals surface area contributed by atoms with Crippen LogP contribution in [0.2, 0.25) is 0 Å². The van der Waals surface area contributed by atoms with Crippen LogP contribution in [0.5, 0.6) is 0 Å². The summed E-state index contributed by atoms with van der Waals surface area (Å²) >= 11 is 0. The Balaban J connectivity index is 2.65. The maximum absolute atomic E-state index is 12.0. The number of nitrogens with zero attached hydrogens (tertiary/aromatic N) is 1. The molecule has 2 unspecified atom stereocenters. The van der Waals surface area contributed by atoms with Gasteiger partial charge in [0.05, 0.1) is 6.42 Å². The average Bonchev–Trinajstić information content (AvgIpc) is 2.31.